The Balaban J connectivity index is 0.00000150. The molecule has 1 aromatic carbocycles. The number of nitrogens with one attached hydrogen (secondary N) is 2. The molecule has 7 unspecified atom stereocenters. The fraction of sp³-hybridized carbons (Fsp3) is 0.739. The lowest BCUT2D eigenvalue weighted by molar-refractivity contribution is -0.216. The molecule has 0 bridgehead atoms. The molecule has 2 N–H and O–H groups in total. The maximum atomic E-state index is 13.7. The van der Waals surface area contributed by atoms with Gasteiger partial charge in [-0.3, -0.25) is 9.69 Å². The van der Waals surface area contributed by atoms with Gasteiger partial charge in [0.25, 0.3) is 0 Å². The van der Waals surface area contributed by atoms with Crippen LogP contribution in [0.2, 0.25) is 0 Å². The molecule has 5 aliphatic carbocycles. The van der Waals surface area contributed by atoms with Crippen LogP contribution in [0.4, 0.5) is 4.79 Å². The number of rotatable bonds is 6. The van der Waals surface area contributed by atoms with E-state index < -0.39 is 0 Å². The third kappa shape index (κ3) is 6.44. The van der Waals surface area contributed by atoms with Crippen molar-refractivity contribution in [3.8, 4) is 0 Å². The lowest BCUT2D eigenvalue weighted by Gasteiger charge is -2.72. The second kappa shape index (κ2) is 14.3. The van der Waals surface area contributed by atoms with E-state index in [1.807, 2.05) is 19.1 Å². The van der Waals surface area contributed by atoms with E-state index in [4.69, 9.17) is 4.74 Å². The lowest BCUT2D eigenvalue weighted by Crippen LogP contribution is -2.68. The van der Waals surface area contributed by atoms with Crippen molar-refractivity contribution < 1.29 is 14.3 Å². The van der Waals surface area contributed by atoms with Gasteiger partial charge in [0.15, 0.2) is 5.78 Å². The van der Waals surface area contributed by atoms with Crippen molar-refractivity contribution in [2.45, 2.75) is 138 Å². The Labute approximate surface area is 316 Å². The first-order valence-electron chi connectivity index (χ1n) is 20.8. The van der Waals surface area contributed by atoms with E-state index in [1.54, 1.807) is 13.0 Å². The van der Waals surface area contributed by atoms with Crippen LogP contribution >= 0.6 is 0 Å². The van der Waals surface area contributed by atoms with Crippen molar-refractivity contribution in [2.24, 2.45) is 45.3 Å². The molecule has 5 fully saturated rings. The molecule has 1 heterocycles. The number of amides is 2. The average Bonchev–Trinajstić information content (AvgIpc) is 3.52. The number of urea groups is 1. The van der Waals surface area contributed by atoms with Gasteiger partial charge in [0, 0.05) is 36.3 Å². The van der Waals surface area contributed by atoms with Crippen LogP contribution in [-0.2, 0) is 4.74 Å². The second-order valence-corrected chi connectivity index (χ2v) is 19.6. The van der Waals surface area contributed by atoms with E-state index in [0.29, 0.717) is 35.6 Å². The van der Waals surface area contributed by atoms with E-state index in [2.05, 4.69) is 88.8 Å². The number of carbonyl (C=O) groups is 2. The lowest BCUT2D eigenvalue weighted by atomic mass is 9.33. The zero-order valence-corrected chi connectivity index (χ0v) is 34.3. The maximum Gasteiger partial charge on any atom is 0.315 e. The minimum atomic E-state index is -0.0926. The first kappa shape index (κ1) is 39.3. The Morgan fingerprint density at radius 3 is 2.23 bits per heavy atom. The summed E-state index contributed by atoms with van der Waals surface area (Å²) in [6.45, 7) is 28.5. The molecule has 0 spiro atoms. The Hall–Kier alpha value is -2.44. The van der Waals surface area contributed by atoms with Crippen molar-refractivity contribution in [1.29, 1.82) is 0 Å². The Morgan fingerprint density at radius 1 is 0.904 bits per heavy atom. The summed E-state index contributed by atoms with van der Waals surface area (Å²) in [5.41, 5.74) is 4.32. The first-order chi connectivity index (χ1) is 24.5. The van der Waals surface area contributed by atoms with Gasteiger partial charge >= 0.3 is 6.03 Å². The summed E-state index contributed by atoms with van der Waals surface area (Å²) in [7, 11) is 0. The van der Waals surface area contributed by atoms with Crippen LogP contribution < -0.4 is 10.6 Å². The van der Waals surface area contributed by atoms with Gasteiger partial charge in [-0.15, -0.1) is 6.58 Å². The molecule has 6 nitrogen and oxygen atoms in total. The fourth-order valence-corrected chi connectivity index (χ4v) is 13.6. The number of nitrogens with zero attached hydrogens (tertiary/aromatic N) is 1. The summed E-state index contributed by atoms with van der Waals surface area (Å²) < 4.78 is 5.58. The molecule has 4 saturated carbocycles. The molecule has 1 saturated heterocycles. The number of benzene rings is 1. The third-order valence-electron chi connectivity index (χ3n) is 16.5. The summed E-state index contributed by atoms with van der Waals surface area (Å²) in [6, 6.07) is 8.43. The number of carbonyl (C=O) groups excluding carboxylic acids is 2. The van der Waals surface area contributed by atoms with Gasteiger partial charge < -0.3 is 15.4 Å². The van der Waals surface area contributed by atoms with Crippen LogP contribution in [0.3, 0.4) is 0 Å². The highest BCUT2D eigenvalue weighted by Crippen LogP contribution is 2.76. The highest BCUT2D eigenvalue weighted by atomic mass is 16.5. The summed E-state index contributed by atoms with van der Waals surface area (Å²) >= 11 is 0. The summed E-state index contributed by atoms with van der Waals surface area (Å²) in [6.07, 6.45) is 16.6. The molecule has 8 atom stereocenters. The number of fused-ring (bicyclic) bond motifs is 7. The van der Waals surface area contributed by atoms with Gasteiger partial charge in [0.2, 0.25) is 0 Å². The van der Waals surface area contributed by atoms with Crippen LogP contribution in [0.15, 0.2) is 43.0 Å². The predicted octanol–water partition coefficient (Wildman–Crippen LogP) is 10.1. The molecule has 52 heavy (non-hydrogen) atoms. The smallest absolute Gasteiger partial charge is 0.315 e. The largest absolute Gasteiger partial charge is 0.379 e. The third-order valence-corrected chi connectivity index (χ3v) is 16.5. The minimum absolute atomic E-state index is 0.0349. The molecular formula is C46H71N3O3. The first-order valence-corrected chi connectivity index (χ1v) is 20.8. The van der Waals surface area contributed by atoms with Gasteiger partial charge in [0.05, 0.1) is 13.2 Å². The Bertz CT molecular complexity index is 1520. The van der Waals surface area contributed by atoms with Crippen molar-refractivity contribution in [1.82, 2.24) is 15.5 Å². The second-order valence-electron chi connectivity index (χ2n) is 19.6. The van der Waals surface area contributed by atoms with Gasteiger partial charge in [-0.1, -0.05) is 77.5 Å². The molecule has 2 amide bonds. The number of hydrogen-bond donors (Lipinski definition) is 2. The van der Waals surface area contributed by atoms with Crippen molar-refractivity contribution in [2.75, 3.05) is 32.8 Å². The number of allylic oxidation sites excluding steroid dienone is 3. The molecule has 1 aliphatic heterocycles. The number of Topliss-reactive ketones (excluding diaryl/α,β-unsaturated/α-hetero) is 1. The van der Waals surface area contributed by atoms with Crippen LogP contribution in [-0.4, -0.2) is 60.6 Å². The van der Waals surface area contributed by atoms with E-state index in [9.17, 15) is 9.59 Å². The Kier molecular flexibility index (Phi) is 10.8. The molecule has 0 aromatic heterocycles. The summed E-state index contributed by atoms with van der Waals surface area (Å²) in [5, 5.41) is 7.00. The highest BCUT2D eigenvalue weighted by Gasteiger charge is 2.69. The number of ketones is 1. The van der Waals surface area contributed by atoms with Crippen LogP contribution in [0.5, 0.6) is 0 Å². The topological polar surface area (TPSA) is 70.7 Å². The average molecular weight is 714 g/mol. The molecule has 6 aliphatic rings. The van der Waals surface area contributed by atoms with Crippen molar-refractivity contribution in [3.63, 3.8) is 0 Å². The molecular weight excluding hydrogens is 643 g/mol. The van der Waals surface area contributed by atoms with Crippen molar-refractivity contribution >= 4 is 17.4 Å². The van der Waals surface area contributed by atoms with Crippen molar-refractivity contribution in [3.05, 3.63) is 54.1 Å². The number of hydrogen-bond acceptors (Lipinski definition) is 4. The number of morpholine rings is 1. The normalized spacial score (nSPS) is 38.1. The van der Waals surface area contributed by atoms with E-state index >= 15 is 0 Å². The predicted molar refractivity (Wildman–Crippen MR) is 214 cm³/mol. The fourth-order valence-electron chi connectivity index (χ4n) is 13.6. The number of ether oxygens (including phenoxy) is 1. The van der Waals surface area contributed by atoms with Crippen LogP contribution in [0.25, 0.3) is 5.57 Å². The van der Waals surface area contributed by atoms with E-state index in [1.165, 1.54) is 56.1 Å². The summed E-state index contributed by atoms with van der Waals surface area (Å²) in [5.74, 6) is 2.70. The minimum Gasteiger partial charge on any atom is -0.379 e. The zero-order chi connectivity index (χ0) is 37.7. The van der Waals surface area contributed by atoms with E-state index in [0.717, 1.165) is 51.1 Å². The van der Waals surface area contributed by atoms with Crippen LogP contribution in [0, 0.1) is 45.3 Å². The maximum absolute atomic E-state index is 13.7. The van der Waals surface area contributed by atoms with Gasteiger partial charge in [0.1, 0.15) is 0 Å². The monoisotopic (exact) mass is 714 g/mol. The standard InChI is InChI=1S/C43H65N3O3.C3H6/c1-29(47)30-11-13-31(14-12-30)32-17-20-40(6)35(39(32,4)5)18-21-42(8)36(40)16-15-33-34-10-9-19-43(34,23-22-41(33,42)7)45-37(48)44-28-38(2,3)46-24-26-49-27-25-46;1-3-2/h11-14,17,33-36H,9-10,15-16,18-28H2,1-8H3,(H2,44,45,48);3H,1H2,2H3/t33?,34?,35?,36?,40?,41-,42?,43?;/m1./s1. The molecule has 7 rings (SSSR count). The zero-order valence-electron chi connectivity index (χ0n) is 34.3. The molecule has 0 radical (unpaired) electrons. The SMILES string of the molecule is C=CC.CC(=O)c1ccc(C2=CCC3(C)C(CCC4(C)C3CCC3C5CCCC5(NC(=O)NCC(C)(C)N5CCOCC5)CC[C@]34C)C2(C)C)cc1. The molecule has 288 valence electrons. The quantitative estimate of drug-likeness (QED) is 0.228. The summed E-state index contributed by atoms with van der Waals surface area (Å²) in [4.78, 5) is 28.1. The molecule has 6 heteroatoms. The highest BCUT2D eigenvalue weighted by molar-refractivity contribution is 5.94. The van der Waals surface area contributed by atoms with Gasteiger partial charge in [-0.05, 0) is 142 Å². The van der Waals surface area contributed by atoms with E-state index in [-0.39, 0.29) is 39.1 Å². The van der Waals surface area contributed by atoms with Gasteiger partial charge in [-0.2, -0.15) is 0 Å². The Morgan fingerprint density at radius 2 is 1.58 bits per heavy atom. The van der Waals surface area contributed by atoms with Crippen LogP contribution in [0.1, 0.15) is 142 Å². The van der Waals surface area contributed by atoms with Gasteiger partial charge in [-0.25, -0.2) is 4.79 Å². The molecule has 1 aromatic rings.